The van der Waals surface area contributed by atoms with Crippen molar-refractivity contribution in [2.75, 3.05) is 6.61 Å². The Morgan fingerprint density at radius 1 is 1.08 bits per heavy atom. The zero-order valence-electron chi connectivity index (χ0n) is 22.9. The van der Waals surface area contributed by atoms with E-state index in [-0.39, 0.29) is 44.0 Å². The number of carbonyl (C=O) groups is 1. The number of rotatable bonds is 2. The fourth-order valence-electron chi connectivity index (χ4n) is 11.0. The van der Waals surface area contributed by atoms with Crippen LogP contribution in [0.3, 0.4) is 0 Å². The van der Waals surface area contributed by atoms with Gasteiger partial charge in [-0.05, 0) is 90.8 Å². The van der Waals surface area contributed by atoms with Crippen molar-refractivity contribution in [2.24, 2.45) is 57.2 Å². The maximum absolute atomic E-state index is 12.4. The van der Waals surface area contributed by atoms with Crippen LogP contribution in [0.4, 0.5) is 0 Å². The monoisotopic (exact) mass is 614 g/mol. The van der Waals surface area contributed by atoms with Crippen LogP contribution in [0.15, 0.2) is 11.6 Å². The highest BCUT2D eigenvalue weighted by Gasteiger charge is 2.71. The van der Waals surface area contributed by atoms with Crippen molar-refractivity contribution in [2.45, 2.75) is 102 Å². The molecule has 5 nitrogen and oxygen atoms in total. The van der Waals surface area contributed by atoms with Gasteiger partial charge in [-0.25, -0.2) is 0 Å². The molecule has 0 saturated heterocycles. The van der Waals surface area contributed by atoms with E-state index in [1.807, 2.05) is 6.92 Å². The highest BCUT2D eigenvalue weighted by Crippen LogP contribution is 2.76. The predicted molar refractivity (Wildman–Crippen MR) is 149 cm³/mol. The summed E-state index contributed by atoms with van der Waals surface area (Å²) >= 11 is 2.69. The van der Waals surface area contributed by atoms with E-state index in [2.05, 4.69) is 63.3 Å². The first kappa shape index (κ1) is 27.4. The summed E-state index contributed by atoms with van der Waals surface area (Å²) in [6.07, 6.45) is 6.97. The zero-order valence-corrected chi connectivity index (χ0v) is 25.1. The van der Waals surface area contributed by atoms with Crippen LogP contribution in [0, 0.1) is 57.2 Å². The van der Waals surface area contributed by atoms with Crippen molar-refractivity contribution in [3.63, 3.8) is 0 Å². The SMILES string of the molecule is CC1[C@H](C)CC(C(=O)O)C2CC[C@]3(C)C(=CCC4C5(C)C[C@@H](O)C(O)[C@@](C)(CO)C5CCC43C)C21I. The van der Waals surface area contributed by atoms with E-state index >= 15 is 0 Å². The number of hydrogen-bond donors (Lipinski definition) is 4. The number of carboxylic acid groups (broad SMARTS) is 1. The van der Waals surface area contributed by atoms with Gasteiger partial charge in [-0.3, -0.25) is 4.79 Å². The van der Waals surface area contributed by atoms with Crippen molar-refractivity contribution >= 4 is 28.6 Å². The van der Waals surface area contributed by atoms with Crippen molar-refractivity contribution in [3.05, 3.63) is 11.6 Å². The Hall–Kier alpha value is -0.180. The lowest BCUT2D eigenvalue weighted by atomic mass is 9.34. The first-order valence-corrected chi connectivity index (χ1v) is 15.3. The Labute approximate surface area is 230 Å². The summed E-state index contributed by atoms with van der Waals surface area (Å²) in [4.78, 5) is 12.4. The van der Waals surface area contributed by atoms with E-state index in [1.54, 1.807) is 0 Å². The second-order valence-electron chi connectivity index (χ2n) is 14.5. The Morgan fingerprint density at radius 2 is 1.75 bits per heavy atom. The fraction of sp³-hybridized carbons (Fsp3) is 0.900. The van der Waals surface area contributed by atoms with Gasteiger partial charge in [-0.1, -0.05) is 75.8 Å². The molecule has 0 aromatic carbocycles. The van der Waals surface area contributed by atoms with Crippen molar-refractivity contribution in [3.8, 4) is 0 Å². The maximum atomic E-state index is 12.4. The molecule has 0 aliphatic heterocycles. The van der Waals surface area contributed by atoms with Gasteiger partial charge in [0.25, 0.3) is 0 Å². The zero-order chi connectivity index (χ0) is 26.6. The van der Waals surface area contributed by atoms with E-state index in [0.717, 1.165) is 38.5 Å². The first-order valence-electron chi connectivity index (χ1n) is 14.2. The number of halogens is 1. The smallest absolute Gasteiger partial charge is 0.306 e. The quantitative estimate of drug-likeness (QED) is 0.189. The molecule has 4 fully saturated rings. The fourth-order valence-corrected chi connectivity index (χ4v) is 13.2. The van der Waals surface area contributed by atoms with Crippen LogP contribution in [0.5, 0.6) is 0 Å². The minimum atomic E-state index is -0.902. The summed E-state index contributed by atoms with van der Waals surface area (Å²) in [6.45, 7) is 13.7. The Balaban J connectivity index is 1.62. The van der Waals surface area contributed by atoms with Gasteiger partial charge < -0.3 is 20.4 Å². The topological polar surface area (TPSA) is 98.0 Å². The van der Waals surface area contributed by atoms with Gasteiger partial charge in [-0.15, -0.1) is 0 Å². The van der Waals surface area contributed by atoms with Crippen molar-refractivity contribution in [1.29, 1.82) is 0 Å². The Bertz CT molecular complexity index is 967. The standard InChI is InChI=1S/C30H47IO5/c1-16-13-18(25(35)36)19-9-11-29(6)23(30(19,31)17(16)2)8-7-22-26(3)14-20(33)24(34)27(4,15-32)21(26)10-12-28(22,29)5/h8,16-22,24,32-34H,7,9-15H2,1-6H3,(H,35,36)/t16-,17?,18?,19?,20-,21?,22?,24?,26?,27+,28?,29-,30?/m1/s1. The third-order valence-electron chi connectivity index (χ3n) is 13.4. The number of carboxylic acids is 1. The van der Waals surface area contributed by atoms with Gasteiger partial charge in [0, 0.05) is 8.84 Å². The highest BCUT2D eigenvalue weighted by molar-refractivity contribution is 14.1. The molecular weight excluding hydrogens is 567 g/mol. The third-order valence-corrected chi connectivity index (χ3v) is 15.8. The van der Waals surface area contributed by atoms with Crippen LogP contribution in [-0.4, -0.2) is 48.6 Å². The molecular formula is C30H47IO5. The summed E-state index contributed by atoms with van der Waals surface area (Å²) < 4.78 is -0.154. The molecule has 5 aliphatic carbocycles. The average molecular weight is 615 g/mol. The molecule has 36 heavy (non-hydrogen) atoms. The van der Waals surface area contributed by atoms with Crippen molar-refractivity contribution < 1.29 is 25.2 Å². The molecule has 5 aliphatic rings. The van der Waals surface area contributed by atoms with Gasteiger partial charge in [-0.2, -0.15) is 0 Å². The number of aliphatic hydroxyl groups is 3. The van der Waals surface area contributed by atoms with Gasteiger partial charge in [0.2, 0.25) is 0 Å². The summed E-state index contributed by atoms with van der Waals surface area (Å²) in [6, 6.07) is 0. The molecule has 4 saturated carbocycles. The largest absolute Gasteiger partial charge is 0.481 e. The van der Waals surface area contributed by atoms with E-state index < -0.39 is 23.6 Å². The number of fused-ring (bicyclic) bond motifs is 7. The van der Waals surface area contributed by atoms with E-state index in [4.69, 9.17) is 0 Å². The van der Waals surface area contributed by atoms with Gasteiger partial charge in [0.1, 0.15) is 0 Å². The first-order chi connectivity index (χ1) is 16.6. The van der Waals surface area contributed by atoms with Crippen LogP contribution >= 0.6 is 22.6 Å². The number of aliphatic carboxylic acids is 1. The normalized spacial score (nSPS) is 58.6. The molecule has 0 spiro atoms. The molecule has 6 heteroatoms. The van der Waals surface area contributed by atoms with Crippen molar-refractivity contribution in [1.82, 2.24) is 0 Å². The summed E-state index contributed by atoms with van der Waals surface area (Å²) in [7, 11) is 0. The number of allylic oxidation sites excluding steroid dienone is 2. The third kappa shape index (κ3) is 3.13. The van der Waals surface area contributed by atoms with Gasteiger partial charge >= 0.3 is 5.97 Å². The number of hydrogen-bond acceptors (Lipinski definition) is 4. The molecule has 4 N–H and O–H groups in total. The Morgan fingerprint density at radius 3 is 2.36 bits per heavy atom. The summed E-state index contributed by atoms with van der Waals surface area (Å²) in [5, 5.41) is 42.6. The molecule has 13 atom stereocenters. The number of aliphatic hydroxyl groups excluding tert-OH is 3. The molecule has 9 unspecified atom stereocenters. The molecule has 0 bridgehead atoms. The van der Waals surface area contributed by atoms with Crippen LogP contribution in [-0.2, 0) is 4.79 Å². The number of alkyl halides is 1. The summed E-state index contributed by atoms with van der Waals surface area (Å²) in [5.41, 5.74) is 0.593. The predicted octanol–water partition coefficient (Wildman–Crippen LogP) is 5.45. The Kier molecular flexibility index (Phi) is 6.40. The van der Waals surface area contributed by atoms with Crippen LogP contribution < -0.4 is 0 Å². The van der Waals surface area contributed by atoms with E-state index in [9.17, 15) is 25.2 Å². The molecule has 0 aromatic heterocycles. The lowest BCUT2D eigenvalue weighted by Crippen LogP contribution is -2.69. The van der Waals surface area contributed by atoms with E-state index in [1.165, 1.54) is 5.57 Å². The van der Waals surface area contributed by atoms with Crippen LogP contribution in [0.1, 0.15) is 86.5 Å². The second-order valence-corrected chi connectivity index (χ2v) is 16.3. The maximum Gasteiger partial charge on any atom is 0.306 e. The minimum Gasteiger partial charge on any atom is -0.481 e. The molecule has 0 heterocycles. The van der Waals surface area contributed by atoms with Gasteiger partial charge in [0.15, 0.2) is 0 Å². The minimum absolute atomic E-state index is 0.0168. The molecule has 0 amide bonds. The van der Waals surface area contributed by atoms with Crippen LogP contribution in [0.25, 0.3) is 0 Å². The molecule has 204 valence electrons. The lowest BCUT2D eigenvalue weighted by Gasteiger charge is -2.72. The summed E-state index contributed by atoms with van der Waals surface area (Å²) in [5.74, 6) is 0.529. The average Bonchev–Trinajstić information content (AvgIpc) is 2.80. The molecule has 0 aromatic rings. The van der Waals surface area contributed by atoms with Gasteiger partial charge in [0.05, 0.1) is 24.7 Å². The lowest BCUT2D eigenvalue weighted by molar-refractivity contribution is -0.242. The molecule has 5 rings (SSSR count). The highest BCUT2D eigenvalue weighted by atomic mass is 127. The van der Waals surface area contributed by atoms with E-state index in [0.29, 0.717) is 24.2 Å². The van der Waals surface area contributed by atoms with Crippen LogP contribution in [0.2, 0.25) is 0 Å². The second kappa shape index (κ2) is 8.41. The molecule has 0 radical (unpaired) electrons.